The molecule has 1 aromatic heterocycles. The van der Waals surface area contributed by atoms with Crippen molar-refractivity contribution >= 4 is 30.1 Å². The molecule has 2 rings (SSSR count). The number of hydrogen-bond acceptors (Lipinski definition) is 4. The van der Waals surface area contributed by atoms with Crippen molar-refractivity contribution in [2.75, 3.05) is 25.4 Å². The van der Waals surface area contributed by atoms with Crippen molar-refractivity contribution in [2.45, 2.75) is 11.6 Å². The highest BCUT2D eigenvalue weighted by molar-refractivity contribution is 8.00. The Labute approximate surface area is 130 Å². The van der Waals surface area contributed by atoms with E-state index in [-0.39, 0.29) is 30.2 Å². The molecular weight excluding hydrogens is 327 g/mol. The van der Waals surface area contributed by atoms with Gasteiger partial charge in [0.2, 0.25) is 5.91 Å². The number of carbonyl (C=O) groups is 1. The minimum absolute atomic E-state index is 0. The highest BCUT2D eigenvalue weighted by Crippen LogP contribution is 2.31. The standard InChI is InChI=1S/C12H14F3N3OS.ClH/c13-12(14,15)20-8-11(19)18-5-4-17-7-10(18)9-2-1-3-16-6-9;/h1-3,6,10,17H,4-5,7-8H2;1H. The molecule has 4 nitrogen and oxygen atoms in total. The fourth-order valence-electron chi connectivity index (χ4n) is 2.10. The minimum atomic E-state index is -4.38. The first-order chi connectivity index (χ1) is 9.47. The maximum absolute atomic E-state index is 12.2. The Morgan fingerprint density at radius 2 is 2.29 bits per heavy atom. The molecule has 21 heavy (non-hydrogen) atoms. The molecule has 118 valence electrons. The largest absolute Gasteiger partial charge is 0.442 e. The number of halogens is 4. The van der Waals surface area contributed by atoms with Crippen LogP contribution in [0.4, 0.5) is 13.2 Å². The van der Waals surface area contributed by atoms with Gasteiger partial charge >= 0.3 is 5.51 Å². The normalized spacial score (nSPS) is 19.0. The van der Waals surface area contributed by atoms with Crippen LogP contribution in [-0.2, 0) is 4.79 Å². The predicted octanol–water partition coefficient (Wildman–Crippen LogP) is 2.23. The average Bonchev–Trinajstić information content (AvgIpc) is 2.45. The molecule has 0 spiro atoms. The van der Waals surface area contributed by atoms with Gasteiger partial charge in [-0.2, -0.15) is 13.2 Å². The van der Waals surface area contributed by atoms with Crippen molar-refractivity contribution < 1.29 is 18.0 Å². The second-order valence-corrected chi connectivity index (χ2v) is 5.37. The third-order valence-electron chi connectivity index (χ3n) is 2.99. The maximum Gasteiger partial charge on any atom is 0.442 e. The summed E-state index contributed by atoms with van der Waals surface area (Å²) in [5.74, 6) is -1.08. The van der Waals surface area contributed by atoms with Gasteiger partial charge in [-0.15, -0.1) is 12.4 Å². The van der Waals surface area contributed by atoms with Crippen molar-refractivity contribution in [1.82, 2.24) is 15.2 Å². The van der Waals surface area contributed by atoms with E-state index in [9.17, 15) is 18.0 Å². The van der Waals surface area contributed by atoms with Gasteiger partial charge in [0, 0.05) is 32.0 Å². The van der Waals surface area contributed by atoms with Gasteiger partial charge in [-0.05, 0) is 23.4 Å². The first kappa shape index (κ1) is 18.1. The Morgan fingerprint density at radius 1 is 1.52 bits per heavy atom. The Bertz CT molecular complexity index is 461. The van der Waals surface area contributed by atoms with Gasteiger partial charge in [-0.1, -0.05) is 6.07 Å². The number of rotatable bonds is 3. The molecule has 0 radical (unpaired) electrons. The fourth-order valence-corrected chi connectivity index (χ4v) is 2.55. The number of hydrogen-bond donors (Lipinski definition) is 1. The molecule has 1 N–H and O–H groups in total. The molecule has 1 fully saturated rings. The average molecular weight is 342 g/mol. The second kappa shape index (κ2) is 7.86. The van der Waals surface area contributed by atoms with E-state index in [4.69, 9.17) is 0 Å². The number of piperazine rings is 1. The van der Waals surface area contributed by atoms with Crippen LogP contribution in [-0.4, -0.2) is 46.7 Å². The third-order valence-corrected chi connectivity index (χ3v) is 3.71. The third kappa shape index (κ3) is 5.37. The maximum atomic E-state index is 12.2. The summed E-state index contributed by atoms with van der Waals surface area (Å²) >= 11 is -0.295. The first-order valence-electron chi connectivity index (χ1n) is 6.08. The van der Waals surface area contributed by atoms with Crippen molar-refractivity contribution in [3.05, 3.63) is 30.1 Å². The van der Waals surface area contributed by atoms with Gasteiger partial charge < -0.3 is 10.2 Å². The highest BCUT2D eigenvalue weighted by atomic mass is 35.5. The number of amides is 1. The zero-order valence-electron chi connectivity index (χ0n) is 11.0. The van der Waals surface area contributed by atoms with Crippen LogP contribution in [0.5, 0.6) is 0 Å². The predicted molar refractivity (Wildman–Crippen MR) is 77.3 cm³/mol. The first-order valence-corrected chi connectivity index (χ1v) is 7.07. The monoisotopic (exact) mass is 341 g/mol. The van der Waals surface area contributed by atoms with Crippen molar-refractivity contribution in [2.24, 2.45) is 0 Å². The highest BCUT2D eigenvalue weighted by Gasteiger charge is 2.33. The molecule has 0 saturated carbocycles. The van der Waals surface area contributed by atoms with E-state index in [0.717, 1.165) is 5.56 Å². The molecule has 1 aliphatic rings. The summed E-state index contributed by atoms with van der Waals surface area (Å²) in [6, 6.07) is 3.30. The number of carbonyl (C=O) groups excluding carboxylic acids is 1. The molecule has 1 atom stereocenters. The number of pyridine rings is 1. The van der Waals surface area contributed by atoms with Gasteiger partial charge in [-0.3, -0.25) is 9.78 Å². The number of aromatic nitrogens is 1. The van der Waals surface area contributed by atoms with Gasteiger partial charge in [-0.25, -0.2) is 0 Å². The van der Waals surface area contributed by atoms with E-state index >= 15 is 0 Å². The zero-order valence-corrected chi connectivity index (χ0v) is 12.6. The smallest absolute Gasteiger partial charge is 0.332 e. The summed E-state index contributed by atoms with van der Waals surface area (Å²) in [4.78, 5) is 17.5. The van der Waals surface area contributed by atoms with E-state index < -0.39 is 17.2 Å². The Hall–Kier alpha value is -0.990. The molecule has 1 saturated heterocycles. The van der Waals surface area contributed by atoms with Crippen LogP contribution in [0, 0.1) is 0 Å². The lowest BCUT2D eigenvalue weighted by Gasteiger charge is -2.36. The van der Waals surface area contributed by atoms with Crippen LogP contribution in [0.1, 0.15) is 11.6 Å². The second-order valence-electron chi connectivity index (χ2n) is 4.33. The molecule has 1 unspecified atom stereocenters. The molecule has 9 heteroatoms. The fraction of sp³-hybridized carbons (Fsp3) is 0.500. The topological polar surface area (TPSA) is 45.2 Å². The zero-order chi connectivity index (χ0) is 14.6. The Balaban J connectivity index is 0.00000220. The van der Waals surface area contributed by atoms with Crippen LogP contribution in [0.15, 0.2) is 24.5 Å². The molecule has 0 aromatic carbocycles. The van der Waals surface area contributed by atoms with E-state index in [1.54, 1.807) is 18.5 Å². The Morgan fingerprint density at radius 3 is 2.90 bits per heavy atom. The van der Waals surface area contributed by atoms with Crippen LogP contribution in [0.3, 0.4) is 0 Å². The summed E-state index contributed by atoms with van der Waals surface area (Å²) < 4.78 is 36.5. The lowest BCUT2D eigenvalue weighted by atomic mass is 10.1. The number of thioether (sulfide) groups is 1. The van der Waals surface area contributed by atoms with Gasteiger partial charge in [0.25, 0.3) is 0 Å². The summed E-state index contributed by atoms with van der Waals surface area (Å²) in [5, 5.41) is 3.14. The minimum Gasteiger partial charge on any atom is -0.332 e. The molecule has 0 bridgehead atoms. The van der Waals surface area contributed by atoms with E-state index in [0.29, 0.717) is 19.6 Å². The summed E-state index contributed by atoms with van der Waals surface area (Å²) in [7, 11) is 0. The van der Waals surface area contributed by atoms with Crippen molar-refractivity contribution in [3.63, 3.8) is 0 Å². The van der Waals surface area contributed by atoms with E-state index in [1.807, 2.05) is 6.07 Å². The molecule has 1 amide bonds. The van der Waals surface area contributed by atoms with Crippen LogP contribution >= 0.6 is 24.2 Å². The quantitative estimate of drug-likeness (QED) is 0.915. The van der Waals surface area contributed by atoms with Gasteiger partial charge in [0.15, 0.2) is 0 Å². The molecule has 2 heterocycles. The SMILES string of the molecule is Cl.O=C(CSC(F)(F)F)N1CCNCC1c1cccnc1. The number of nitrogens with one attached hydrogen (secondary N) is 1. The molecule has 1 aromatic rings. The summed E-state index contributed by atoms with van der Waals surface area (Å²) in [6.45, 7) is 1.50. The Kier molecular flexibility index (Phi) is 6.76. The van der Waals surface area contributed by atoms with Crippen molar-refractivity contribution in [1.29, 1.82) is 0 Å². The summed E-state index contributed by atoms with van der Waals surface area (Å²) in [5.41, 5.74) is -3.56. The van der Waals surface area contributed by atoms with Crippen LogP contribution in [0.2, 0.25) is 0 Å². The molecule has 1 aliphatic heterocycles. The lowest BCUT2D eigenvalue weighted by Crippen LogP contribution is -2.49. The van der Waals surface area contributed by atoms with Crippen LogP contribution in [0.25, 0.3) is 0 Å². The van der Waals surface area contributed by atoms with E-state index in [1.165, 1.54) is 4.90 Å². The van der Waals surface area contributed by atoms with Crippen LogP contribution < -0.4 is 5.32 Å². The number of alkyl halides is 3. The molecule has 0 aliphatic carbocycles. The lowest BCUT2D eigenvalue weighted by molar-refractivity contribution is -0.131. The number of nitrogens with zero attached hydrogens (tertiary/aromatic N) is 2. The van der Waals surface area contributed by atoms with Gasteiger partial charge in [0.05, 0.1) is 11.8 Å². The summed E-state index contributed by atoms with van der Waals surface area (Å²) in [6.07, 6.45) is 3.25. The van der Waals surface area contributed by atoms with Gasteiger partial charge in [0.1, 0.15) is 0 Å². The van der Waals surface area contributed by atoms with Crippen molar-refractivity contribution in [3.8, 4) is 0 Å². The van der Waals surface area contributed by atoms with E-state index in [2.05, 4.69) is 10.3 Å². The molecular formula is C12H15ClF3N3OS.